The Labute approximate surface area is 162 Å². The lowest BCUT2D eigenvalue weighted by Gasteiger charge is -2.06. The topological polar surface area (TPSA) is 44.1 Å². The van der Waals surface area contributed by atoms with Crippen molar-refractivity contribution >= 4 is 27.6 Å². The summed E-state index contributed by atoms with van der Waals surface area (Å²) in [6, 6.07) is 15.4. The number of unbranched alkanes of at least 4 members (excludes halogenated alkanes) is 2. The first-order chi connectivity index (χ1) is 13.8. The molecule has 4 aromatic rings. The van der Waals surface area contributed by atoms with E-state index in [0.29, 0.717) is 17.7 Å². The summed E-state index contributed by atoms with van der Waals surface area (Å²) in [7, 11) is 0. The van der Waals surface area contributed by atoms with Crippen LogP contribution in [0.4, 0.5) is 4.39 Å². The van der Waals surface area contributed by atoms with Gasteiger partial charge >= 0.3 is 5.97 Å². The molecule has 0 radical (unpaired) electrons. The van der Waals surface area contributed by atoms with E-state index in [4.69, 9.17) is 4.74 Å². The first-order valence-corrected chi connectivity index (χ1v) is 9.46. The summed E-state index contributed by atoms with van der Waals surface area (Å²) < 4.78 is 20.1. The maximum atomic E-state index is 12.9. The van der Waals surface area contributed by atoms with Gasteiger partial charge in [0.1, 0.15) is 0 Å². The quantitative estimate of drug-likeness (QED) is 0.314. The molecule has 0 amide bonds. The molecule has 0 fully saturated rings. The average Bonchev–Trinajstić information content (AvgIpc) is 3.10. The molecular weight excluding hydrogens is 355 g/mol. The normalized spacial score (nSPS) is 11.2. The molecule has 5 heteroatoms. The number of pyridine rings is 1. The highest BCUT2D eigenvalue weighted by Crippen LogP contribution is 2.27. The van der Waals surface area contributed by atoms with Crippen LogP contribution in [0.15, 0.2) is 67.1 Å². The molecule has 0 aliphatic rings. The van der Waals surface area contributed by atoms with E-state index in [1.807, 2.05) is 59.3 Å². The minimum atomic E-state index is -0.406. The van der Waals surface area contributed by atoms with Gasteiger partial charge in [0, 0.05) is 40.6 Å². The van der Waals surface area contributed by atoms with Crippen LogP contribution in [-0.2, 0) is 6.54 Å². The Balaban J connectivity index is 1.63. The predicted octanol–water partition coefficient (Wildman–Crippen LogP) is 5.55. The van der Waals surface area contributed by atoms with Crippen molar-refractivity contribution in [3.63, 3.8) is 0 Å². The number of nitrogens with zero attached hydrogens (tertiary/aromatic N) is 2. The Bertz CT molecular complexity index is 1110. The molecule has 0 bridgehead atoms. The Morgan fingerprint density at radius 1 is 0.964 bits per heavy atom. The number of hydrogen-bond acceptors (Lipinski definition) is 3. The van der Waals surface area contributed by atoms with E-state index < -0.39 is 5.97 Å². The van der Waals surface area contributed by atoms with E-state index in [2.05, 4.69) is 4.98 Å². The molecule has 2 heterocycles. The number of hydrogen-bond donors (Lipinski definition) is 0. The molecule has 0 aliphatic heterocycles. The third-order valence-electron chi connectivity index (χ3n) is 4.88. The number of aryl methyl sites for hydroxylation is 1. The first kappa shape index (κ1) is 18.2. The predicted molar refractivity (Wildman–Crippen MR) is 108 cm³/mol. The molecule has 0 N–H and O–H groups in total. The second-order valence-corrected chi connectivity index (χ2v) is 6.75. The van der Waals surface area contributed by atoms with Gasteiger partial charge in [-0.25, -0.2) is 4.79 Å². The van der Waals surface area contributed by atoms with Crippen molar-refractivity contribution in [1.82, 2.24) is 9.55 Å². The lowest BCUT2D eigenvalue weighted by molar-refractivity contribution is 0.0738. The van der Waals surface area contributed by atoms with Crippen molar-refractivity contribution in [3.05, 3.63) is 72.7 Å². The molecular formula is C23H21FN2O2. The average molecular weight is 376 g/mol. The standard InChI is InChI=1S/C23H21FN2O2/c24-12-6-1-7-13-26-16-20(19-10-4-5-11-21(19)26)23(27)28-22-15-25-14-17-8-2-3-9-18(17)22/h2-5,8-11,14-16H,1,6-7,12-13H2. The smallest absolute Gasteiger partial charge is 0.345 e. The zero-order chi connectivity index (χ0) is 19.3. The van der Waals surface area contributed by atoms with E-state index in [1.165, 1.54) is 0 Å². The van der Waals surface area contributed by atoms with E-state index in [0.717, 1.165) is 41.1 Å². The maximum Gasteiger partial charge on any atom is 0.345 e. The number of alkyl halides is 1. The third-order valence-corrected chi connectivity index (χ3v) is 4.88. The molecule has 0 saturated heterocycles. The highest BCUT2D eigenvalue weighted by Gasteiger charge is 2.18. The zero-order valence-corrected chi connectivity index (χ0v) is 15.5. The molecule has 0 atom stereocenters. The molecule has 0 saturated carbocycles. The lowest BCUT2D eigenvalue weighted by atomic mass is 10.1. The van der Waals surface area contributed by atoms with Gasteiger partial charge in [-0.2, -0.15) is 0 Å². The molecule has 0 spiro atoms. The Morgan fingerprint density at radius 2 is 1.75 bits per heavy atom. The van der Waals surface area contributed by atoms with Crippen LogP contribution in [0, 0.1) is 0 Å². The zero-order valence-electron chi connectivity index (χ0n) is 15.5. The highest BCUT2D eigenvalue weighted by molar-refractivity contribution is 6.06. The fraction of sp³-hybridized carbons (Fsp3) is 0.217. The molecule has 0 aliphatic carbocycles. The van der Waals surface area contributed by atoms with Gasteiger partial charge < -0.3 is 9.30 Å². The Morgan fingerprint density at radius 3 is 2.61 bits per heavy atom. The molecule has 2 aromatic carbocycles. The fourth-order valence-corrected chi connectivity index (χ4v) is 3.47. The summed E-state index contributed by atoms with van der Waals surface area (Å²) in [6.45, 7) is 0.451. The molecule has 4 nitrogen and oxygen atoms in total. The summed E-state index contributed by atoms with van der Waals surface area (Å²) in [5.41, 5.74) is 1.50. The SMILES string of the molecule is O=C(Oc1cncc2ccccc12)c1cn(CCCCCF)c2ccccc12. The van der Waals surface area contributed by atoms with E-state index in [-0.39, 0.29) is 6.67 Å². The number of benzene rings is 2. The summed E-state index contributed by atoms with van der Waals surface area (Å²) in [4.78, 5) is 17.1. The van der Waals surface area contributed by atoms with Crippen LogP contribution in [0.3, 0.4) is 0 Å². The number of esters is 1. The van der Waals surface area contributed by atoms with Gasteiger partial charge in [0.15, 0.2) is 5.75 Å². The van der Waals surface area contributed by atoms with Crippen LogP contribution in [0.25, 0.3) is 21.7 Å². The summed E-state index contributed by atoms with van der Waals surface area (Å²) in [5, 5.41) is 2.62. The molecule has 142 valence electrons. The van der Waals surface area contributed by atoms with Crippen LogP contribution in [-0.4, -0.2) is 22.2 Å². The van der Waals surface area contributed by atoms with Gasteiger partial charge in [0.05, 0.1) is 18.4 Å². The monoisotopic (exact) mass is 376 g/mol. The van der Waals surface area contributed by atoms with Crippen molar-refractivity contribution < 1.29 is 13.9 Å². The van der Waals surface area contributed by atoms with Gasteiger partial charge in [-0.3, -0.25) is 9.37 Å². The number of carbonyl (C=O) groups is 1. The number of halogens is 1. The molecule has 28 heavy (non-hydrogen) atoms. The summed E-state index contributed by atoms with van der Waals surface area (Å²) >= 11 is 0. The van der Waals surface area contributed by atoms with Gasteiger partial charge in [-0.05, 0) is 25.3 Å². The number of para-hydroxylation sites is 1. The molecule has 0 unspecified atom stereocenters. The second-order valence-electron chi connectivity index (χ2n) is 6.75. The summed E-state index contributed by atoms with van der Waals surface area (Å²) in [6.07, 6.45) is 7.41. The third kappa shape index (κ3) is 3.60. The maximum absolute atomic E-state index is 12.9. The number of aromatic nitrogens is 2. The number of carbonyl (C=O) groups excluding carboxylic acids is 1. The van der Waals surface area contributed by atoms with Crippen molar-refractivity contribution in [2.45, 2.75) is 25.8 Å². The van der Waals surface area contributed by atoms with Crippen molar-refractivity contribution in [2.75, 3.05) is 6.67 Å². The fourth-order valence-electron chi connectivity index (χ4n) is 3.47. The number of ether oxygens (including phenoxy) is 1. The number of fused-ring (bicyclic) bond motifs is 2. The van der Waals surface area contributed by atoms with Crippen LogP contribution < -0.4 is 4.74 Å². The van der Waals surface area contributed by atoms with Gasteiger partial charge in [0.2, 0.25) is 0 Å². The largest absolute Gasteiger partial charge is 0.421 e. The second kappa shape index (κ2) is 8.21. The van der Waals surface area contributed by atoms with Crippen LogP contribution in [0.5, 0.6) is 5.75 Å². The molecule has 4 rings (SSSR count). The minimum absolute atomic E-state index is 0.289. The van der Waals surface area contributed by atoms with Gasteiger partial charge in [-0.15, -0.1) is 0 Å². The summed E-state index contributed by atoms with van der Waals surface area (Å²) in [5.74, 6) is 0.0414. The van der Waals surface area contributed by atoms with E-state index >= 15 is 0 Å². The highest BCUT2D eigenvalue weighted by atomic mass is 19.1. The van der Waals surface area contributed by atoms with Gasteiger partial charge in [0.25, 0.3) is 0 Å². The number of rotatable bonds is 7. The van der Waals surface area contributed by atoms with Crippen molar-refractivity contribution in [3.8, 4) is 5.75 Å². The Kier molecular flexibility index (Phi) is 5.33. The molecule has 2 aromatic heterocycles. The minimum Gasteiger partial charge on any atom is -0.421 e. The Hall–Kier alpha value is -3.21. The van der Waals surface area contributed by atoms with Gasteiger partial charge in [-0.1, -0.05) is 42.5 Å². The van der Waals surface area contributed by atoms with E-state index in [9.17, 15) is 9.18 Å². The van der Waals surface area contributed by atoms with Crippen LogP contribution >= 0.6 is 0 Å². The first-order valence-electron chi connectivity index (χ1n) is 9.46. The van der Waals surface area contributed by atoms with Crippen LogP contribution in [0.1, 0.15) is 29.6 Å². The van der Waals surface area contributed by atoms with Crippen molar-refractivity contribution in [1.29, 1.82) is 0 Å². The lowest BCUT2D eigenvalue weighted by Crippen LogP contribution is -2.08. The van der Waals surface area contributed by atoms with Crippen LogP contribution in [0.2, 0.25) is 0 Å². The van der Waals surface area contributed by atoms with Crippen molar-refractivity contribution in [2.24, 2.45) is 0 Å². The van der Waals surface area contributed by atoms with E-state index in [1.54, 1.807) is 12.4 Å².